The van der Waals surface area contributed by atoms with Gasteiger partial charge in [-0.25, -0.2) is 8.42 Å². The van der Waals surface area contributed by atoms with E-state index in [0.717, 1.165) is 0 Å². The minimum absolute atomic E-state index is 0.123. The molecule has 0 saturated carbocycles. The quantitative estimate of drug-likeness (QED) is 0.430. The largest absolute Gasteiger partial charge is 0.467 e. The van der Waals surface area contributed by atoms with Crippen molar-refractivity contribution in [2.45, 2.75) is 17.4 Å². The minimum Gasteiger partial charge on any atom is -0.467 e. The molecule has 1 atom stereocenters. The molecule has 1 aliphatic heterocycles. The summed E-state index contributed by atoms with van der Waals surface area (Å²) in [5, 5.41) is 15.9. The van der Waals surface area contributed by atoms with E-state index in [9.17, 15) is 13.2 Å². The highest BCUT2D eigenvalue weighted by Crippen LogP contribution is 2.32. The van der Waals surface area contributed by atoms with E-state index in [4.69, 9.17) is 16.3 Å². The van der Waals surface area contributed by atoms with Crippen molar-refractivity contribution in [1.82, 2.24) is 34.4 Å². The topological polar surface area (TPSA) is 132 Å². The van der Waals surface area contributed by atoms with E-state index < -0.39 is 10.0 Å². The molecular weight excluding hydrogens is 470 g/mol. The molecule has 1 aliphatic rings. The lowest BCUT2D eigenvalue weighted by Crippen LogP contribution is -2.40. The number of benzene rings is 1. The molecule has 170 valence electrons. The van der Waals surface area contributed by atoms with Gasteiger partial charge in [-0.2, -0.15) is 8.82 Å². The van der Waals surface area contributed by atoms with Crippen LogP contribution in [0.4, 0.5) is 0 Å². The van der Waals surface area contributed by atoms with E-state index in [1.165, 1.54) is 27.4 Å². The molecule has 13 heteroatoms. The van der Waals surface area contributed by atoms with E-state index in [1.54, 1.807) is 30.5 Å². The van der Waals surface area contributed by atoms with Crippen LogP contribution in [0.25, 0.3) is 16.4 Å². The van der Waals surface area contributed by atoms with Crippen LogP contribution in [-0.4, -0.2) is 69.2 Å². The number of halogens is 1. The Morgan fingerprint density at radius 2 is 2.12 bits per heavy atom. The molecule has 3 aromatic heterocycles. The molecule has 1 saturated heterocycles. The second kappa shape index (κ2) is 8.54. The summed E-state index contributed by atoms with van der Waals surface area (Å²) in [6.07, 6.45) is 4.90. The maximum Gasteiger partial charge on any atom is 0.258 e. The molecule has 0 aliphatic carbocycles. The standard InChI is InChI=1S/C20H18ClN7O4S/c21-15-9-22-8-13-2-1-3-16(20(13)15)33(30,31)27-7-6-14(10-27)24-18(29)11-32-19-5-4-17-25-23-12-28(17)26-19/h1-5,8-9,12,14H,6-7,10-11H2,(H,24,29)/t14-/m0/s1. The number of rotatable bonds is 6. The highest BCUT2D eigenvalue weighted by molar-refractivity contribution is 7.89. The smallest absolute Gasteiger partial charge is 0.258 e. The Labute approximate surface area is 193 Å². The number of hydrogen-bond acceptors (Lipinski definition) is 8. The Morgan fingerprint density at radius 1 is 1.24 bits per heavy atom. The molecule has 33 heavy (non-hydrogen) atoms. The van der Waals surface area contributed by atoms with Crippen LogP contribution in [0.5, 0.6) is 5.88 Å². The Hall–Kier alpha value is -3.35. The van der Waals surface area contributed by atoms with Crippen LogP contribution in [0, 0.1) is 0 Å². The van der Waals surface area contributed by atoms with Gasteiger partial charge in [-0.3, -0.25) is 9.78 Å². The number of fused-ring (bicyclic) bond motifs is 2. The maximum absolute atomic E-state index is 13.3. The number of amides is 1. The summed E-state index contributed by atoms with van der Waals surface area (Å²) in [5.41, 5.74) is 0.558. The molecule has 0 unspecified atom stereocenters. The lowest BCUT2D eigenvalue weighted by Gasteiger charge is -2.18. The number of sulfonamides is 1. The van der Waals surface area contributed by atoms with Crippen LogP contribution in [-0.2, 0) is 14.8 Å². The summed E-state index contributed by atoms with van der Waals surface area (Å²) >= 11 is 6.25. The fourth-order valence-corrected chi connectivity index (χ4v) is 5.83. The predicted octanol–water partition coefficient (Wildman–Crippen LogP) is 1.28. The number of carbonyl (C=O) groups is 1. The Kier molecular flexibility index (Phi) is 5.56. The van der Waals surface area contributed by atoms with Crippen molar-refractivity contribution in [1.29, 1.82) is 0 Å². The number of carbonyl (C=O) groups excluding carboxylic acids is 1. The fourth-order valence-electron chi connectivity index (χ4n) is 3.77. The van der Waals surface area contributed by atoms with Crippen LogP contribution in [0.1, 0.15) is 6.42 Å². The molecule has 11 nitrogen and oxygen atoms in total. The summed E-state index contributed by atoms with van der Waals surface area (Å²) in [6, 6.07) is 7.87. The van der Waals surface area contributed by atoms with Gasteiger partial charge in [0, 0.05) is 48.4 Å². The summed E-state index contributed by atoms with van der Waals surface area (Å²) < 4.78 is 34.8. The van der Waals surface area contributed by atoms with Gasteiger partial charge < -0.3 is 10.1 Å². The highest BCUT2D eigenvalue weighted by Gasteiger charge is 2.34. The first-order chi connectivity index (χ1) is 15.9. The van der Waals surface area contributed by atoms with Gasteiger partial charge in [0.25, 0.3) is 5.91 Å². The number of aromatic nitrogens is 5. The molecule has 1 fully saturated rings. The van der Waals surface area contributed by atoms with Crippen molar-refractivity contribution >= 4 is 44.0 Å². The van der Waals surface area contributed by atoms with Crippen molar-refractivity contribution in [2.75, 3.05) is 19.7 Å². The van der Waals surface area contributed by atoms with Crippen molar-refractivity contribution in [3.05, 3.63) is 54.1 Å². The first kappa shape index (κ1) is 21.5. The molecule has 1 aromatic carbocycles. The maximum atomic E-state index is 13.3. The highest BCUT2D eigenvalue weighted by atomic mass is 35.5. The van der Waals surface area contributed by atoms with Gasteiger partial charge >= 0.3 is 0 Å². The third-order valence-corrected chi connectivity index (χ3v) is 7.52. The van der Waals surface area contributed by atoms with Crippen molar-refractivity contribution in [3.8, 4) is 5.88 Å². The van der Waals surface area contributed by atoms with Crippen LogP contribution < -0.4 is 10.1 Å². The van der Waals surface area contributed by atoms with Gasteiger partial charge in [0.1, 0.15) is 6.33 Å². The van der Waals surface area contributed by atoms with Crippen molar-refractivity contribution in [2.24, 2.45) is 0 Å². The van der Waals surface area contributed by atoms with Gasteiger partial charge in [-0.1, -0.05) is 23.7 Å². The third kappa shape index (κ3) is 4.19. The van der Waals surface area contributed by atoms with Crippen LogP contribution in [0.2, 0.25) is 5.02 Å². The summed E-state index contributed by atoms with van der Waals surface area (Å²) in [7, 11) is -3.81. The Balaban J connectivity index is 1.23. The summed E-state index contributed by atoms with van der Waals surface area (Å²) in [6.45, 7) is 0.174. The van der Waals surface area contributed by atoms with Crippen LogP contribution in [0.15, 0.2) is 53.9 Å². The van der Waals surface area contributed by atoms with E-state index >= 15 is 0 Å². The third-order valence-electron chi connectivity index (χ3n) is 5.32. The monoisotopic (exact) mass is 487 g/mol. The average Bonchev–Trinajstić information content (AvgIpc) is 3.47. The molecule has 0 spiro atoms. The average molecular weight is 488 g/mol. The second-order valence-corrected chi connectivity index (χ2v) is 9.80. The lowest BCUT2D eigenvalue weighted by atomic mass is 10.2. The zero-order chi connectivity index (χ0) is 23.0. The number of hydrogen-bond donors (Lipinski definition) is 1. The van der Waals surface area contributed by atoms with Crippen LogP contribution >= 0.6 is 11.6 Å². The molecule has 1 amide bonds. The number of nitrogens with zero attached hydrogens (tertiary/aromatic N) is 6. The van der Waals surface area contributed by atoms with E-state index in [1.807, 2.05) is 0 Å². The first-order valence-corrected chi connectivity index (χ1v) is 11.9. The summed E-state index contributed by atoms with van der Waals surface area (Å²) in [5.74, 6) is -0.125. The van der Waals surface area contributed by atoms with E-state index in [2.05, 4.69) is 25.6 Å². The van der Waals surface area contributed by atoms with Gasteiger partial charge in [0.2, 0.25) is 15.9 Å². The molecular formula is C20H18ClN7O4S. The van der Waals surface area contributed by atoms with E-state index in [0.29, 0.717) is 22.8 Å². The van der Waals surface area contributed by atoms with Crippen LogP contribution in [0.3, 0.4) is 0 Å². The Bertz CT molecular complexity index is 1450. The van der Waals surface area contributed by atoms with E-state index in [-0.39, 0.29) is 47.4 Å². The van der Waals surface area contributed by atoms with Crippen molar-refractivity contribution < 1.29 is 17.9 Å². The molecule has 5 rings (SSSR count). The molecule has 4 heterocycles. The number of nitrogens with one attached hydrogen (secondary N) is 1. The lowest BCUT2D eigenvalue weighted by molar-refractivity contribution is -0.123. The molecule has 1 N–H and O–H groups in total. The molecule has 0 radical (unpaired) electrons. The molecule has 4 aromatic rings. The van der Waals surface area contributed by atoms with Gasteiger partial charge in [-0.05, 0) is 18.6 Å². The van der Waals surface area contributed by atoms with Gasteiger partial charge in [-0.15, -0.1) is 15.3 Å². The number of pyridine rings is 1. The normalized spacial score (nSPS) is 16.9. The van der Waals surface area contributed by atoms with Crippen molar-refractivity contribution in [3.63, 3.8) is 0 Å². The first-order valence-electron chi connectivity index (χ1n) is 10.0. The molecule has 0 bridgehead atoms. The second-order valence-electron chi connectivity index (χ2n) is 7.49. The zero-order valence-electron chi connectivity index (χ0n) is 17.1. The Morgan fingerprint density at radius 3 is 3.00 bits per heavy atom. The van der Waals surface area contributed by atoms with Gasteiger partial charge in [0.05, 0.1) is 9.92 Å². The fraction of sp³-hybridized carbons (Fsp3) is 0.250. The van der Waals surface area contributed by atoms with Gasteiger partial charge in [0.15, 0.2) is 12.3 Å². The predicted molar refractivity (Wildman–Crippen MR) is 118 cm³/mol. The summed E-state index contributed by atoms with van der Waals surface area (Å²) in [4.78, 5) is 16.5. The SMILES string of the molecule is O=C(COc1ccc2nncn2n1)N[C@H]1CCN(S(=O)(=O)c2cccc3cncc(Cl)c23)C1. The minimum atomic E-state index is -3.81. The number of ether oxygens (including phenoxy) is 1. The zero-order valence-corrected chi connectivity index (χ0v) is 18.7.